The summed E-state index contributed by atoms with van der Waals surface area (Å²) in [5, 5.41) is 2.97. The molecule has 0 spiro atoms. The van der Waals surface area contributed by atoms with Crippen molar-refractivity contribution >= 4 is 46.2 Å². The molecular formula is C12H16BrNOS2. The van der Waals surface area contributed by atoms with Crippen molar-refractivity contribution < 1.29 is 4.79 Å². The quantitative estimate of drug-likeness (QED) is 0.806. The van der Waals surface area contributed by atoms with Crippen LogP contribution in [-0.4, -0.2) is 24.0 Å². The van der Waals surface area contributed by atoms with Crippen molar-refractivity contribution in [1.82, 2.24) is 5.32 Å². The number of hydrogen-bond acceptors (Lipinski definition) is 3. The SMILES string of the molecule is CSCCC(C)NC(=O)c1ccc(Br)cc1S. The minimum atomic E-state index is -0.0592. The summed E-state index contributed by atoms with van der Waals surface area (Å²) in [4.78, 5) is 12.7. The van der Waals surface area contributed by atoms with Gasteiger partial charge >= 0.3 is 0 Å². The summed E-state index contributed by atoms with van der Waals surface area (Å²) >= 11 is 9.44. The maximum absolute atomic E-state index is 12.0. The molecule has 1 N–H and O–H groups in total. The van der Waals surface area contributed by atoms with Gasteiger partial charge < -0.3 is 5.32 Å². The lowest BCUT2D eigenvalue weighted by Crippen LogP contribution is -2.33. The van der Waals surface area contributed by atoms with Gasteiger partial charge in [-0.25, -0.2) is 0 Å². The van der Waals surface area contributed by atoms with Crippen LogP contribution in [-0.2, 0) is 0 Å². The molecule has 0 aliphatic rings. The molecule has 1 atom stereocenters. The number of halogens is 1. The van der Waals surface area contributed by atoms with E-state index in [1.54, 1.807) is 17.8 Å². The van der Waals surface area contributed by atoms with Gasteiger partial charge in [-0.1, -0.05) is 15.9 Å². The molecule has 2 nitrogen and oxygen atoms in total. The molecule has 0 aliphatic carbocycles. The van der Waals surface area contributed by atoms with Gasteiger partial charge in [-0.3, -0.25) is 4.79 Å². The standard InChI is InChI=1S/C12H16BrNOS2/c1-8(5-6-17-2)14-12(15)10-4-3-9(13)7-11(10)16/h3-4,7-8,16H,5-6H2,1-2H3,(H,14,15). The van der Waals surface area contributed by atoms with Crippen LogP contribution in [0.15, 0.2) is 27.6 Å². The van der Waals surface area contributed by atoms with Gasteiger partial charge in [0, 0.05) is 15.4 Å². The minimum absolute atomic E-state index is 0.0592. The average Bonchev–Trinajstić information content (AvgIpc) is 2.26. The number of carbonyl (C=O) groups is 1. The topological polar surface area (TPSA) is 29.1 Å². The highest BCUT2D eigenvalue weighted by molar-refractivity contribution is 9.10. The van der Waals surface area contributed by atoms with Crippen molar-refractivity contribution in [3.63, 3.8) is 0 Å². The summed E-state index contributed by atoms with van der Waals surface area (Å²) in [5.74, 6) is 0.992. The van der Waals surface area contributed by atoms with Crippen molar-refractivity contribution in [3.8, 4) is 0 Å². The van der Waals surface area contributed by atoms with Crippen LogP contribution >= 0.6 is 40.3 Å². The Labute approximate surface area is 120 Å². The van der Waals surface area contributed by atoms with E-state index in [0.717, 1.165) is 16.6 Å². The zero-order chi connectivity index (χ0) is 12.8. The molecule has 1 amide bonds. The second-order valence-electron chi connectivity index (χ2n) is 3.82. The van der Waals surface area contributed by atoms with Gasteiger partial charge in [0.2, 0.25) is 0 Å². The minimum Gasteiger partial charge on any atom is -0.350 e. The number of carbonyl (C=O) groups excluding carboxylic acids is 1. The summed E-state index contributed by atoms with van der Waals surface area (Å²) in [7, 11) is 0. The molecule has 0 aromatic heterocycles. The third kappa shape index (κ3) is 4.94. The Balaban J connectivity index is 2.63. The fraction of sp³-hybridized carbons (Fsp3) is 0.417. The molecule has 0 saturated heterocycles. The maximum atomic E-state index is 12.0. The molecule has 0 fully saturated rings. The van der Waals surface area contributed by atoms with Crippen LogP contribution in [0.5, 0.6) is 0 Å². The zero-order valence-electron chi connectivity index (χ0n) is 9.87. The van der Waals surface area contributed by atoms with Gasteiger partial charge in [0.15, 0.2) is 0 Å². The first-order valence-electron chi connectivity index (χ1n) is 5.33. The molecule has 0 heterocycles. The Morgan fingerprint density at radius 1 is 1.59 bits per heavy atom. The maximum Gasteiger partial charge on any atom is 0.252 e. The Kier molecular flexibility index (Phi) is 6.44. The second-order valence-corrected chi connectivity index (χ2v) is 6.20. The molecular weight excluding hydrogens is 318 g/mol. The van der Waals surface area contributed by atoms with E-state index in [2.05, 4.69) is 40.1 Å². The summed E-state index contributed by atoms with van der Waals surface area (Å²) in [5.41, 5.74) is 0.618. The van der Waals surface area contributed by atoms with Crippen LogP contribution in [0.3, 0.4) is 0 Å². The van der Waals surface area contributed by atoms with Gasteiger partial charge in [-0.2, -0.15) is 11.8 Å². The molecule has 0 bridgehead atoms. The van der Waals surface area contributed by atoms with E-state index in [0.29, 0.717) is 10.5 Å². The van der Waals surface area contributed by atoms with Crippen LogP contribution in [0.2, 0.25) is 0 Å². The lowest BCUT2D eigenvalue weighted by molar-refractivity contribution is 0.0936. The van der Waals surface area contributed by atoms with Crippen LogP contribution in [0.25, 0.3) is 0 Å². The molecule has 0 aliphatic heterocycles. The van der Waals surface area contributed by atoms with Gasteiger partial charge in [-0.05, 0) is 43.6 Å². The normalized spacial score (nSPS) is 12.2. The predicted octanol–water partition coefficient (Wildman–Crippen LogP) is 3.61. The molecule has 1 unspecified atom stereocenters. The Morgan fingerprint density at radius 2 is 2.29 bits per heavy atom. The largest absolute Gasteiger partial charge is 0.350 e. The Bertz CT molecular complexity index is 398. The lowest BCUT2D eigenvalue weighted by Gasteiger charge is -2.14. The first kappa shape index (κ1) is 14.9. The summed E-state index contributed by atoms with van der Waals surface area (Å²) in [6.45, 7) is 2.02. The summed E-state index contributed by atoms with van der Waals surface area (Å²) in [6, 6.07) is 5.64. The molecule has 1 rings (SSSR count). The fourth-order valence-electron chi connectivity index (χ4n) is 1.37. The second kappa shape index (κ2) is 7.34. The molecule has 1 aromatic carbocycles. The third-order valence-corrected chi connectivity index (χ3v) is 3.84. The number of amides is 1. The highest BCUT2D eigenvalue weighted by Gasteiger charge is 2.12. The third-order valence-electron chi connectivity index (χ3n) is 2.34. The van der Waals surface area contributed by atoms with Crippen LogP contribution in [0.1, 0.15) is 23.7 Å². The van der Waals surface area contributed by atoms with Gasteiger partial charge in [0.05, 0.1) is 5.56 Å². The van der Waals surface area contributed by atoms with Crippen molar-refractivity contribution in [3.05, 3.63) is 28.2 Å². The Hall–Kier alpha value is -0.130. The predicted molar refractivity (Wildman–Crippen MR) is 81.3 cm³/mol. The van der Waals surface area contributed by atoms with E-state index >= 15 is 0 Å². The van der Waals surface area contributed by atoms with E-state index in [4.69, 9.17) is 0 Å². The summed E-state index contributed by atoms with van der Waals surface area (Å²) in [6.07, 6.45) is 3.04. The number of nitrogens with one attached hydrogen (secondary N) is 1. The smallest absolute Gasteiger partial charge is 0.252 e. The van der Waals surface area contributed by atoms with Gasteiger partial charge in [0.25, 0.3) is 5.91 Å². The van der Waals surface area contributed by atoms with E-state index in [1.807, 2.05) is 19.1 Å². The van der Waals surface area contributed by atoms with Gasteiger partial charge in [-0.15, -0.1) is 12.6 Å². The molecule has 1 aromatic rings. The fourth-order valence-corrected chi connectivity index (χ4v) is 2.81. The summed E-state index contributed by atoms with van der Waals surface area (Å²) < 4.78 is 0.925. The zero-order valence-corrected chi connectivity index (χ0v) is 13.2. The van der Waals surface area contributed by atoms with Crippen molar-refractivity contribution in [2.45, 2.75) is 24.3 Å². The number of hydrogen-bond donors (Lipinski definition) is 2. The van der Waals surface area contributed by atoms with E-state index in [-0.39, 0.29) is 11.9 Å². The first-order chi connectivity index (χ1) is 8.04. The Morgan fingerprint density at radius 3 is 2.88 bits per heavy atom. The van der Waals surface area contributed by atoms with Crippen molar-refractivity contribution in [2.75, 3.05) is 12.0 Å². The molecule has 0 saturated carbocycles. The monoisotopic (exact) mass is 333 g/mol. The van der Waals surface area contributed by atoms with Crippen LogP contribution in [0.4, 0.5) is 0 Å². The first-order valence-corrected chi connectivity index (χ1v) is 7.96. The van der Waals surface area contributed by atoms with Crippen LogP contribution < -0.4 is 5.32 Å². The lowest BCUT2D eigenvalue weighted by atomic mass is 10.2. The van der Waals surface area contributed by atoms with E-state index < -0.39 is 0 Å². The highest BCUT2D eigenvalue weighted by Crippen LogP contribution is 2.19. The molecule has 94 valence electrons. The van der Waals surface area contributed by atoms with E-state index in [9.17, 15) is 4.79 Å². The molecule has 5 heteroatoms. The number of benzene rings is 1. The number of thiol groups is 1. The highest BCUT2D eigenvalue weighted by atomic mass is 79.9. The number of thioether (sulfide) groups is 1. The molecule has 0 radical (unpaired) electrons. The van der Waals surface area contributed by atoms with Crippen LogP contribution in [0, 0.1) is 0 Å². The molecule has 17 heavy (non-hydrogen) atoms. The average molecular weight is 334 g/mol. The van der Waals surface area contributed by atoms with Gasteiger partial charge in [0.1, 0.15) is 0 Å². The van der Waals surface area contributed by atoms with Crippen molar-refractivity contribution in [2.24, 2.45) is 0 Å². The van der Waals surface area contributed by atoms with E-state index in [1.165, 1.54) is 0 Å². The van der Waals surface area contributed by atoms with Crippen molar-refractivity contribution in [1.29, 1.82) is 0 Å². The number of rotatable bonds is 5.